The molecule has 0 fully saturated rings. The maximum Gasteiger partial charge on any atom is 0.419 e. The van der Waals surface area contributed by atoms with Gasteiger partial charge >= 0.3 is 12.3 Å². The largest absolute Gasteiger partial charge is 0.491 e. The van der Waals surface area contributed by atoms with Crippen LogP contribution in [0.5, 0.6) is 5.75 Å². The Balaban J connectivity index is 1.82. The molecule has 0 bridgehead atoms. The molecule has 2 N–H and O–H groups in total. The van der Waals surface area contributed by atoms with Crippen LogP contribution in [-0.4, -0.2) is 49.0 Å². The molecule has 182 valence electrons. The van der Waals surface area contributed by atoms with Crippen LogP contribution in [0.3, 0.4) is 0 Å². The molecule has 3 rings (SSSR count). The van der Waals surface area contributed by atoms with Crippen molar-refractivity contribution in [1.29, 1.82) is 5.26 Å². The minimum absolute atomic E-state index is 0.0429. The Hall–Kier alpha value is -3.72. The number of carbonyl (C=O) groups excluding carboxylic acids is 1. The lowest BCUT2D eigenvalue weighted by molar-refractivity contribution is -0.138. The first-order valence-electron chi connectivity index (χ1n) is 10.3. The van der Waals surface area contributed by atoms with E-state index in [4.69, 9.17) is 9.47 Å². The second-order valence-electron chi connectivity index (χ2n) is 8.51. The third-order valence-electron chi connectivity index (χ3n) is 4.79. The van der Waals surface area contributed by atoms with Crippen molar-refractivity contribution in [3.63, 3.8) is 0 Å². The molecular formula is C22H25F3N6O3. The molecule has 1 aliphatic rings. The summed E-state index contributed by atoms with van der Waals surface area (Å²) in [5, 5.41) is 15.2. The summed E-state index contributed by atoms with van der Waals surface area (Å²) in [4.78, 5) is 15.9. The van der Waals surface area contributed by atoms with Crippen LogP contribution in [0.15, 0.2) is 24.3 Å². The first-order chi connectivity index (χ1) is 15.8. The molecular weight excluding hydrogens is 453 g/mol. The number of fused-ring (bicyclic) bond motifs is 1. The van der Waals surface area contributed by atoms with Crippen molar-refractivity contribution >= 4 is 17.5 Å². The number of ether oxygens (including phenoxy) is 2. The SMILES string of the molecule is CN1Nc2c(cc(-c3ccc(OCCNC(=O)OC(C)(C)C)c(C(F)(F)F)c3)nc2C#N)N1C. The van der Waals surface area contributed by atoms with Crippen LogP contribution in [-0.2, 0) is 10.9 Å². The fourth-order valence-corrected chi connectivity index (χ4v) is 3.19. The van der Waals surface area contributed by atoms with E-state index < -0.39 is 23.4 Å². The predicted octanol–water partition coefficient (Wildman–Crippen LogP) is 4.17. The number of aromatic nitrogens is 1. The number of hydrogen-bond donors (Lipinski definition) is 2. The highest BCUT2D eigenvalue weighted by molar-refractivity contribution is 5.81. The van der Waals surface area contributed by atoms with Crippen molar-refractivity contribution in [3.8, 4) is 23.1 Å². The number of rotatable bonds is 5. The molecule has 0 aliphatic carbocycles. The highest BCUT2D eigenvalue weighted by Crippen LogP contribution is 2.41. The van der Waals surface area contributed by atoms with E-state index in [0.29, 0.717) is 11.4 Å². The fraction of sp³-hybridized carbons (Fsp3) is 0.409. The number of nitrogens with zero attached hydrogens (tertiary/aromatic N) is 4. The summed E-state index contributed by atoms with van der Waals surface area (Å²) in [5.41, 5.74) is 2.81. The van der Waals surface area contributed by atoms with E-state index in [0.717, 1.165) is 6.07 Å². The Bertz CT molecular complexity index is 1120. The van der Waals surface area contributed by atoms with E-state index in [9.17, 15) is 23.2 Å². The third-order valence-corrected chi connectivity index (χ3v) is 4.79. The molecule has 2 aromatic rings. The lowest BCUT2D eigenvalue weighted by Gasteiger charge is -2.20. The van der Waals surface area contributed by atoms with Gasteiger partial charge in [0, 0.05) is 19.7 Å². The number of hydrogen-bond acceptors (Lipinski definition) is 8. The van der Waals surface area contributed by atoms with Crippen molar-refractivity contribution in [2.75, 3.05) is 37.7 Å². The zero-order valence-corrected chi connectivity index (χ0v) is 19.4. The number of benzene rings is 1. The summed E-state index contributed by atoms with van der Waals surface area (Å²) in [6, 6.07) is 7.14. The van der Waals surface area contributed by atoms with Gasteiger partial charge in [0.05, 0.1) is 23.5 Å². The van der Waals surface area contributed by atoms with Gasteiger partial charge in [-0.15, -0.1) is 5.12 Å². The van der Waals surface area contributed by atoms with Gasteiger partial charge in [0.25, 0.3) is 0 Å². The lowest BCUT2D eigenvalue weighted by Crippen LogP contribution is -2.34. The maximum absolute atomic E-state index is 13.8. The van der Waals surface area contributed by atoms with Gasteiger partial charge in [-0.2, -0.15) is 18.4 Å². The van der Waals surface area contributed by atoms with E-state index >= 15 is 0 Å². The molecule has 0 radical (unpaired) electrons. The standard InChI is InChI=1S/C22H25F3N6O3/c1-21(2,3)34-20(32)27-8-9-33-18-7-6-13(10-14(18)22(23,24)25)15-11-17-19(16(12-26)28-15)29-31(5)30(17)4/h6-7,10-11,29H,8-9H2,1-5H3,(H,27,32). The Morgan fingerprint density at radius 3 is 2.56 bits per heavy atom. The van der Waals surface area contributed by atoms with Crippen LogP contribution < -0.4 is 20.5 Å². The van der Waals surface area contributed by atoms with Gasteiger partial charge < -0.3 is 14.8 Å². The first-order valence-corrected chi connectivity index (χ1v) is 10.3. The maximum atomic E-state index is 13.8. The van der Waals surface area contributed by atoms with Gasteiger partial charge in [0.15, 0.2) is 5.69 Å². The van der Waals surface area contributed by atoms with Crippen molar-refractivity contribution in [2.24, 2.45) is 0 Å². The van der Waals surface area contributed by atoms with E-state index in [1.54, 1.807) is 51.1 Å². The summed E-state index contributed by atoms with van der Waals surface area (Å²) >= 11 is 0. The summed E-state index contributed by atoms with van der Waals surface area (Å²) < 4.78 is 51.7. The van der Waals surface area contributed by atoms with Crippen LogP contribution in [0.1, 0.15) is 32.0 Å². The number of nitriles is 1. The summed E-state index contributed by atoms with van der Waals surface area (Å²) in [7, 11) is 3.47. The fourth-order valence-electron chi connectivity index (χ4n) is 3.19. The van der Waals surface area contributed by atoms with Gasteiger partial charge in [0.2, 0.25) is 0 Å². The quantitative estimate of drug-likeness (QED) is 0.618. The van der Waals surface area contributed by atoms with Crippen LogP contribution in [0.2, 0.25) is 0 Å². The highest BCUT2D eigenvalue weighted by Gasteiger charge is 2.35. The molecule has 9 nitrogen and oxygen atoms in total. The summed E-state index contributed by atoms with van der Waals surface area (Å²) in [6.07, 6.45) is -5.39. The zero-order chi connectivity index (χ0) is 25.3. The van der Waals surface area contributed by atoms with Gasteiger partial charge in [-0.1, -0.05) is 0 Å². The number of alkyl carbamates (subject to hydrolysis) is 1. The van der Waals surface area contributed by atoms with Crippen LogP contribution in [0, 0.1) is 11.3 Å². The molecule has 0 saturated heterocycles. The third kappa shape index (κ3) is 5.60. The normalized spacial score (nSPS) is 13.7. The van der Waals surface area contributed by atoms with E-state index in [2.05, 4.69) is 15.7 Å². The number of alkyl halides is 3. The summed E-state index contributed by atoms with van der Waals surface area (Å²) in [5.74, 6) is -0.387. The molecule has 12 heteroatoms. The number of nitrogens with one attached hydrogen (secondary N) is 2. The van der Waals surface area contributed by atoms with E-state index in [1.165, 1.54) is 12.1 Å². The van der Waals surface area contributed by atoms with E-state index in [1.807, 2.05) is 6.07 Å². The Labute approximate surface area is 195 Å². The number of anilines is 2. The molecule has 0 spiro atoms. The predicted molar refractivity (Wildman–Crippen MR) is 119 cm³/mol. The molecule has 0 unspecified atom stereocenters. The second-order valence-corrected chi connectivity index (χ2v) is 8.51. The molecule has 1 aliphatic heterocycles. The van der Waals surface area contributed by atoms with Crippen molar-refractivity contribution in [2.45, 2.75) is 32.5 Å². The van der Waals surface area contributed by atoms with Gasteiger partial charge in [0.1, 0.15) is 29.7 Å². The van der Waals surface area contributed by atoms with Gasteiger partial charge in [-0.25, -0.2) is 9.78 Å². The highest BCUT2D eigenvalue weighted by atomic mass is 19.4. The average Bonchev–Trinajstić information content (AvgIpc) is 3.02. The molecule has 1 amide bonds. The van der Waals surface area contributed by atoms with Crippen LogP contribution in [0.4, 0.5) is 29.3 Å². The molecule has 1 aromatic carbocycles. The number of amides is 1. The van der Waals surface area contributed by atoms with Crippen molar-refractivity contribution in [3.05, 3.63) is 35.5 Å². The van der Waals surface area contributed by atoms with E-state index in [-0.39, 0.29) is 35.9 Å². The Morgan fingerprint density at radius 1 is 1.24 bits per heavy atom. The smallest absolute Gasteiger partial charge is 0.419 e. The number of halogens is 3. The van der Waals surface area contributed by atoms with Crippen LogP contribution in [0.25, 0.3) is 11.3 Å². The molecule has 34 heavy (non-hydrogen) atoms. The molecule has 1 aromatic heterocycles. The van der Waals surface area contributed by atoms with Crippen molar-refractivity contribution in [1.82, 2.24) is 15.4 Å². The Morgan fingerprint density at radius 2 is 1.94 bits per heavy atom. The monoisotopic (exact) mass is 478 g/mol. The number of pyridine rings is 1. The minimum Gasteiger partial charge on any atom is -0.491 e. The average molecular weight is 478 g/mol. The molecule has 2 heterocycles. The number of carbonyl (C=O) groups is 1. The van der Waals surface area contributed by atoms with Crippen LogP contribution >= 0.6 is 0 Å². The lowest BCUT2D eigenvalue weighted by atomic mass is 10.0. The summed E-state index contributed by atoms with van der Waals surface area (Å²) in [6.45, 7) is 4.85. The molecule has 0 saturated carbocycles. The first kappa shape index (κ1) is 24.9. The minimum atomic E-state index is -4.70. The van der Waals surface area contributed by atoms with Crippen molar-refractivity contribution < 1.29 is 27.4 Å². The number of hydrazine groups is 2. The second kappa shape index (κ2) is 9.26. The van der Waals surface area contributed by atoms with Gasteiger partial charge in [-0.05, 0) is 45.0 Å². The van der Waals surface area contributed by atoms with Gasteiger partial charge in [-0.3, -0.25) is 10.4 Å². The molecule has 0 atom stereocenters. The topological polar surface area (TPSA) is 103 Å². The zero-order valence-electron chi connectivity index (χ0n) is 19.4. The Kier molecular flexibility index (Phi) is 6.79.